The Morgan fingerprint density at radius 2 is 2.10 bits per heavy atom. The Hall–Kier alpha value is -2.93. The Morgan fingerprint density at radius 3 is 2.81 bits per heavy atom. The molecular formula is C24H30N6O. The van der Waals surface area contributed by atoms with Crippen LogP contribution in [0.5, 0.6) is 0 Å². The number of pyridine rings is 1. The van der Waals surface area contributed by atoms with Crippen LogP contribution in [0, 0.1) is 6.92 Å². The number of nitrogens with one attached hydrogen (secondary N) is 2. The van der Waals surface area contributed by atoms with Crippen molar-refractivity contribution in [3.05, 3.63) is 41.7 Å². The summed E-state index contributed by atoms with van der Waals surface area (Å²) in [6.07, 6.45) is 8.79. The summed E-state index contributed by atoms with van der Waals surface area (Å²) >= 11 is 0. The molecule has 2 aromatic heterocycles. The first-order valence-corrected chi connectivity index (χ1v) is 11.2. The Labute approximate surface area is 182 Å². The van der Waals surface area contributed by atoms with Gasteiger partial charge < -0.3 is 20.9 Å². The molecule has 7 nitrogen and oxygen atoms in total. The average molecular weight is 419 g/mol. The number of imidazole rings is 1. The predicted molar refractivity (Wildman–Crippen MR) is 123 cm³/mol. The van der Waals surface area contributed by atoms with E-state index in [0.717, 1.165) is 59.5 Å². The van der Waals surface area contributed by atoms with Crippen molar-refractivity contribution in [1.82, 2.24) is 20.3 Å². The molecule has 1 saturated heterocycles. The summed E-state index contributed by atoms with van der Waals surface area (Å²) in [5.74, 6) is 0.669. The van der Waals surface area contributed by atoms with E-state index in [0.29, 0.717) is 12.1 Å². The summed E-state index contributed by atoms with van der Waals surface area (Å²) in [5, 5.41) is 3.23. The van der Waals surface area contributed by atoms with E-state index in [1.165, 1.54) is 12.8 Å². The van der Waals surface area contributed by atoms with E-state index in [4.69, 9.17) is 10.7 Å². The molecule has 0 radical (unpaired) electrons. The number of hydrogen-bond donors (Lipinski definition) is 3. The average Bonchev–Trinajstić information content (AvgIpc) is 3.47. The number of amides is 1. The number of H-pyrrole nitrogens is 1. The molecule has 1 saturated carbocycles. The Bertz CT molecular complexity index is 1130. The lowest BCUT2D eigenvalue weighted by molar-refractivity contribution is 0.0938. The first-order chi connectivity index (χ1) is 14.9. The minimum Gasteiger partial charge on any atom is -0.368 e. The fourth-order valence-electron chi connectivity index (χ4n) is 4.95. The number of aromatic nitrogens is 3. The third-order valence-electron chi connectivity index (χ3n) is 6.64. The molecule has 4 N–H and O–H groups in total. The zero-order valence-electron chi connectivity index (χ0n) is 18.2. The summed E-state index contributed by atoms with van der Waals surface area (Å²) < 4.78 is 0. The monoisotopic (exact) mass is 418 g/mol. The van der Waals surface area contributed by atoms with Gasteiger partial charge in [-0.05, 0) is 44.7 Å². The molecule has 162 valence electrons. The van der Waals surface area contributed by atoms with Crippen molar-refractivity contribution in [3.8, 4) is 11.4 Å². The smallest absolute Gasteiger partial charge is 0.255 e. The molecule has 2 aliphatic rings. The molecule has 0 spiro atoms. The van der Waals surface area contributed by atoms with Crippen LogP contribution in [0.1, 0.15) is 54.9 Å². The largest absolute Gasteiger partial charge is 0.368 e. The molecule has 2 fully saturated rings. The van der Waals surface area contributed by atoms with Gasteiger partial charge in [-0.15, -0.1) is 0 Å². The van der Waals surface area contributed by atoms with E-state index >= 15 is 0 Å². The topological polar surface area (TPSA) is 99.9 Å². The maximum Gasteiger partial charge on any atom is 0.255 e. The number of anilines is 1. The van der Waals surface area contributed by atoms with E-state index in [2.05, 4.69) is 40.1 Å². The van der Waals surface area contributed by atoms with E-state index in [9.17, 15) is 4.79 Å². The maximum atomic E-state index is 13.3. The normalized spacial score (nSPS) is 21.8. The van der Waals surface area contributed by atoms with Crippen LogP contribution in [0.3, 0.4) is 0 Å². The number of nitrogens with zero attached hydrogens (tertiary/aromatic N) is 3. The first kappa shape index (κ1) is 20.0. The fraction of sp³-hybridized carbons (Fsp3) is 0.458. The second-order valence-electron chi connectivity index (χ2n) is 9.42. The minimum absolute atomic E-state index is 0.0610. The highest BCUT2D eigenvalue weighted by molar-refractivity contribution is 6.03. The Morgan fingerprint density at radius 1 is 1.29 bits per heavy atom. The molecule has 31 heavy (non-hydrogen) atoms. The Kier molecular flexibility index (Phi) is 4.93. The van der Waals surface area contributed by atoms with Crippen molar-refractivity contribution < 1.29 is 4.79 Å². The van der Waals surface area contributed by atoms with Crippen molar-refractivity contribution in [3.63, 3.8) is 0 Å². The van der Waals surface area contributed by atoms with Gasteiger partial charge in [-0.25, -0.2) is 4.98 Å². The van der Waals surface area contributed by atoms with Crippen LogP contribution in [0.15, 0.2) is 30.6 Å². The van der Waals surface area contributed by atoms with E-state index < -0.39 is 0 Å². The molecule has 3 heterocycles. The van der Waals surface area contributed by atoms with Gasteiger partial charge in [0.15, 0.2) is 0 Å². The summed E-state index contributed by atoms with van der Waals surface area (Å²) in [6, 6.07) is 6.34. The summed E-state index contributed by atoms with van der Waals surface area (Å²) in [5.41, 5.74) is 11.5. The number of para-hydroxylation sites is 1. The van der Waals surface area contributed by atoms with Crippen molar-refractivity contribution in [2.45, 2.75) is 57.5 Å². The zero-order valence-corrected chi connectivity index (χ0v) is 18.2. The van der Waals surface area contributed by atoms with Gasteiger partial charge in [-0.1, -0.05) is 25.0 Å². The standard InChI is InChI=1S/C24H30N6O/c1-15-6-5-9-19-20(15)29-22(28-19)17-12-26-13-18(23(31)27-16-7-3-4-8-16)21(17)30-11-10-24(2,25)14-30/h5-6,9,12-13,16H,3-4,7-8,10-11,14,25H2,1-2H3,(H,27,31)(H,28,29)/t24-/m0/s1. The maximum absolute atomic E-state index is 13.3. The molecule has 7 heteroatoms. The van der Waals surface area contributed by atoms with E-state index in [-0.39, 0.29) is 17.5 Å². The number of benzene rings is 1. The second kappa shape index (κ2) is 7.64. The van der Waals surface area contributed by atoms with Crippen molar-refractivity contribution in [1.29, 1.82) is 0 Å². The van der Waals surface area contributed by atoms with E-state index in [1.807, 2.05) is 12.1 Å². The van der Waals surface area contributed by atoms with Crippen molar-refractivity contribution in [2.24, 2.45) is 5.73 Å². The lowest BCUT2D eigenvalue weighted by Crippen LogP contribution is -2.40. The minimum atomic E-state index is -0.287. The van der Waals surface area contributed by atoms with Crippen LogP contribution in [-0.4, -0.2) is 45.5 Å². The summed E-state index contributed by atoms with van der Waals surface area (Å²) in [4.78, 5) is 28.3. The highest BCUT2D eigenvalue weighted by Crippen LogP contribution is 2.37. The van der Waals surface area contributed by atoms with Crippen molar-refractivity contribution in [2.75, 3.05) is 18.0 Å². The predicted octanol–water partition coefficient (Wildman–Crippen LogP) is 3.53. The molecule has 3 aromatic rings. The Balaban J connectivity index is 1.61. The molecule has 0 bridgehead atoms. The molecule has 1 aliphatic carbocycles. The van der Waals surface area contributed by atoms with Gasteiger partial charge >= 0.3 is 0 Å². The number of fused-ring (bicyclic) bond motifs is 1. The van der Waals surface area contributed by atoms with Crippen LogP contribution in [-0.2, 0) is 0 Å². The quantitative estimate of drug-likeness (QED) is 0.602. The van der Waals surface area contributed by atoms with Gasteiger partial charge in [0, 0.05) is 37.1 Å². The molecule has 5 rings (SSSR count). The number of aromatic amines is 1. The number of carbonyl (C=O) groups excluding carboxylic acids is 1. The SMILES string of the molecule is Cc1cccc2[nH]c(-c3cncc(C(=O)NC4CCCC4)c3N3CC[C@](C)(N)C3)nc12. The van der Waals surface area contributed by atoms with Crippen LogP contribution in [0.4, 0.5) is 5.69 Å². The molecule has 0 unspecified atom stereocenters. The van der Waals surface area contributed by atoms with E-state index in [1.54, 1.807) is 12.4 Å². The summed E-state index contributed by atoms with van der Waals surface area (Å²) in [7, 11) is 0. The van der Waals surface area contributed by atoms with Gasteiger partial charge in [0.05, 0.1) is 27.8 Å². The lowest BCUT2D eigenvalue weighted by atomic mass is 10.0. The number of nitrogens with two attached hydrogens (primary N) is 1. The zero-order chi connectivity index (χ0) is 21.6. The highest BCUT2D eigenvalue weighted by Gasteiger charge is 2.34. The molecule has 1 aliphatic heterocycles. The van der Waals surface area contributed by atoms with Crippen molar-refractivity contribution >= 4 is 22.6 Å². The van der Waals surface area contributed by atoms with Gasteiger partial charge in [-0.2, -0.15) is 0 Å². The molecular weight excluding hydrogens is 388 g/mol. The van der Waals surface area contributed by atoms with Crippen LogP contribution in [0.25, 0.3) is 22.4 Å². The van der Waals surface area contributed by atoms with Gasteiger partial charge in [-0.3, -0.25) is 9.78 Å². The van der Waals surface area contributed by atoms with Crippen LogP contribution in [0.2, 0.25) is 0 Å². The molecule has 1 amide bonds. The highest BCUT2D eigenvalue weighted by atomic mass is 16.1. The first-order valence-electron chi connectivity index (χ1n) is 11.2. The second-order valence-corrected chi connectivity index (χ2v) is 9.42. The van der Waals surface area contributed by atoms with Crippen LogP contribution < -0.4 is 16.0 Å². The van der Waals surface area contributed by atoms with Crippen LogP contribution >= 0.6 is 0 Å². The van der Waals surface area contributed by atoms with Gasteiger partial charge in [0.1, 0.15) is 5.82 Å². The van der Waals surface area contributed by atoms with Gasteiger partial charge in [0.25, 0.3) is 5.91 Å². The number of rotatable bonds is 4. The third-order valence-corrected chi connectivity index (χ3v) is 6.64. The third kappa shape index (κ3) is 3.78. The number of carbonyl (C=O) groups is 1. The molecule has 1 atom stereocenters. The fourth-order valence-corrected chi connectivity index (χ4v) is 4.95. The number of hydrogen-bond acceptors (Lipinski definition) is 5. The van der Waals surface area contributed by atoms with Gasteiger partial charge in [0.2, 0.25) is 0 Å². The molecule has 1 aromatic carbocycles. The lowest BCUT2D eigenvalue weighted by Gasteiger charge is -2.26. The summed E-state index contributed by atoms with van der Waals surface area (Å²) in [6.45, 7) is 5.61. The number of aryl methyl sites for hydroxylation is 1.